The molecule has 16 heavy (non-hydrogen) atoms. The van der Waals surface area contributed by atoms with Crippen molar-refractivity contribution >= 4 is 27.2 Å². The number of hydrogen-bond acceptors (Lipinski definition) is 2. The van der Waals surface area contributed by atoms with Crippen molar-refractivity contribution in [3.63, 3.8) is 0 Å². The minimum Gasteiger partial charge on any atom is -0.204 e. The van der Waals surface area contributed by atoms with Crippen LogP contribution < -0.4 is 0 Å². The first kappa shape index (κ1) is 9.04. The van der Waals surface area contributed by atoms with Gasteiger partial charge >= 0.3 is 0 Å². The maximum Gasteiger partial charge on any atom is 0.0856 e. The van der Waals surface area contributed by atoms with Crippen molar-refractivity contribution in [3.8, 4) is 0 Å². The first-order chi connectivity index (χ1) is 7.88. The molecule has 3 aromatic carbocycles. The topological polar surface area (TPSA) is 36.2 Å². The summed E-state index contributed by atoms with van der Waals surface area (Å²) in [6.07, 6.45) is 0. The molecule has 0 heterocycles. The summed E-state index contributed by atoms with van der Waals surface area (Å²) in [4.78, 5) is 0. The van der Waals surface area contributed by atoms with Gasteiger partial charge in [-0.05, 0) is 33.7 Å². The van der Waals surface area contributed by atoms with Gasteiger partial charge in [-0.15, -0.1) is 0 Å². The summed E-state index contributed by atoms with van der Waals surface area (Å²) in [5.74, 6) is 0. The van der Waals surface area contributed by atoms with Crippen molar-refractivity contribution in [2.75, 3.05) is 0 Å². The SMILES string of the molecule is N=Nc1ccc2c(ccc3ccccc32)c1. The maximum absolute atomic E-state index is 7.01. The Kier molecular flexibility index (Phi) is 1.93. The van der Waals surface area contributed by atoms with Gasteiger partial charge in [-0.3, -0.25) is 0 Å². The quantitative estimate of drug-likeness (QED) is 0.444. The standard InChI is InChI=1S/C14H10N2/c15-16-12-7-8-14-11(9-12)6-5-10-3-1-2-4-13(10)14/h1-9,15H. The summed E-state index contributed by atoms with van der Waals surface area (Å²) >= 11 is 0. The average Bonchev–Trinajstić information content (AvgIpc) is 2.38. The van der Waals surface area contributed by atoms with Crippen LogP contribution in [0.3, 0.4) is 0 Å². The molecule has 0 saturated carbocycles. The molecule has 3 rings (SSSR count). The largest absolute Gasteiger partial charge is 0.204 e. The van der Waals surface area contributed by atoms with Gasteiger partial charge in [0.05, 0.1) is 5.69 Å². The molecule has 0 atom stereocenters. The third-order valence-electron chi connectivity index (χ3n) is 2.86. The van der Waals surface area contributed by atoms with Gasteiger partial charge in [0.25, 0.3) is 0 Å². The molecule has 0 amide bonds. The Morgan fingerprint density at radius 2 is 1.50 bits per heavy atom. The van der Waals surface area contributed by atoms with Crippen LogP contribution >= 0.6 is 0 Å². The van der Waals surface area contributed by atoms with Gasteiger partial charge < -0.3 is 0 Å². The Bertz CT molecular complexity index is 686. The zero-order valence-electron chi connectivity index (χ0n) is 8.64. The van der Waals surface area contributed by atoms with Crippen LogP contribution in [0, 0.1) is 5.53 Å². The Morgan fingerprint density at radius 3 is 2.38 bits per heavy atom. The van der Waals surface area contributed by atoms with Crippen LogP contribution in [0.25, 0.3) is 21.5 Å². The van der Waals surface area contributed by atoms with Gasteiger partial charge in [0.1, 0.15) is 0 Å². The minimum atomic E-state index is 0.697. The summed E-state index contributed by atoms with van der Waals surface area (Å²) in [6.45, 7) is 0. The Labute approximate surface area is 93.0 Å². The second-order valence-corrected chi connectivity index (χ2v) is 3.80. The second-order valence-electron chi connectivity index (χ2n) is 3.80. The molecule has 0 radical (unpaired) electrons. The van der Waals surface area contributed by atoms with E-state index in [4.69, 9.17) is 5.53 Å². The highest BCUT2D eigenvalue weighted by Gasteiger charge is 2.00. The van der Waals surface area contributed by atoms with E-state index in [2.05, 4.69) is 29.4 Å². The zero-order valence-corrected chi connectivity index (χ0v) is 8.64. The van der Waals surface area contributed by atoms with Crippen molar-refractivity contribution in [1.29, 1.82) is 5.53 Å². The van der Waals surface area contributed by atoms with E-state index in [0.29, 0.717) is 5.69 Å². The molecule has 2 heteroatoms. The zero-order chi connectivity index (χ0) is 11.0. The third-order valence-corrected chi connectivity index (χ3v) is 2.86. The highest BCUT2D eigenvalue weighted by atomic mass is 15.0. The van der Waals surface area contributed by atoms with E-state index in [9.17, 15) is 0 Å². The van der Waals surface area contributed by atoms with E-state index in [0.717, 1.165) is 5.39 Å². The van der Waals surface area contributed by atoms with E-state index in [-0.39, 0.29) is 0 Å². The van der Waals surface area contributed by atoms with Crippen molar-refractivity contribution in [2.24, 2.45) is 5.11 Å². The Hall–Kier alpha value is -2.22. The van der Waals surface area contributed by atoms with Crippen molar-refractivity contribution in [1.82, 2.24) is 0 Å². The Morgan fingerprint density at radius 1 is 0.750 bits per heavy atom. The predicted octanol–water partition coefficient (Wildman–Crippen LogP) is 4.66. The molecule has 3 aromatic rings. The highest BCUT2D eigenvalue weighted by molar-refractivity contribution is 6.07. The van der Waals surface area contributed by atoms with Gasteiger partial charge in [-0.2, -0.15) is 5.11 Å². The number of benzene rings is 3. The number of hydrogen-bond donors (Lipinski definition) is 1. The van der Waals surface area contributed by atoms with E-state index >= 15 is 0 Å². The monoisotopic (exact) mass is 206 g/mol. The smallest absolute Gasteiger partial charge is 0.0856 e. The molecule has 0 aromatic heterocycles. The van der Waals surface area contributed by atoms with Gasteiger partial charge in [0.15, 0.2) is 0 Å². The fourth-order valence-corrected chi connectivity index (χ4v) is 2.07. The molecule has 76 valence electrons. The lowest BCUT2D eigenvalue weighted by atomic mass is 10.0. The summed E-state index contributed by atoms with van der Waals surface area (Å²) in [7, 11) is 0. The lowest BCUT2D eigenvalue weighted by Gasteiger charge is -2.03. The molecule has 0 aliphatic rings. The molecule has 0 aliphatic heterocycles. The van der Waals surface area contributed by atoms with Gasteiger partial charge in [0.2, 0.25) is 0 Å². The Balaban J connectivity index is 2.47. The van der Waals surface area contributed by atoms with Gasteiger partial charge in [-0.25, -0.2) is 5.53 Å². The molecular weight excluding hydrogens is 196 g/mol. The van der Waals surface area contributed by atoms with Crippen molar-refractivity contribution in [2.45, 2.75) is 0 Å². The molecular formula is C14H10N2. The van der Waals surface area contributed by atoms with E-state index in [1.165, 1.54) is 16.2 Å². The maximum atomic E-state index is 7.01. The second kappa shape index (κ2) is 3.42. The molecule has 0 bridgehead atoms. The van der Waals surface area contributed by atoms with E-state index in [1.54, 1.807) is 0 Å². The summed E-state index contributed by atoms with van der Waals surface area (Å²) in [6, 6.07) is 18.3. The van der Waals surface area contributed by atoms with Gasteiger partial charge in [0, 0.05) is 0 Å². The van der Waals surface area contributed by atoms with Crippen molar-refractivity contribution in [3.05, 3.63) is 54.6 Å². The van der Waals surface area contributed by atoms with Crippen molar-refractivity contribution < 1.29 is 0 Å². The normalized spacial score (nSPS) is 10.8. The van der Waals surface area contributed by atoms with E-state index < -0.39 is 0 Å². The lowest BCUT2D eigenvalue weighted by Crippen LogP contribution is -1.76. The summed E-state index contributed by atoms with van der Waals surface area (Å²) in [5, 5.41) is 8.28. The first-order valence-corrected chi connectivity index (χ1v) is 5.17. The summed E-state index contributed by atoms with van der Waals surface area (Å²) in [5.41, 5.74) is 7.70. The number of fused-ring (bicyclic) bond motifs is 3. The molecule has 1 N–H and O–H groups in total. The summed E-state index contributed by atoms with van der Waals surface area (Å²) < 4.78 is 0. The lowest BCUT2D eigenvalue weighted by molar-refractivity contribution is 1.15. The molecule has 0 fully saturated rings. The predicted molar refractivity (Wildman–Crippen MR) is 66.3 cm³/mol. The van der Waals surface area contributed by atoms with Crippen LogP contribution in [-0.4, -0.2) is 0 Å². The molecule has 0 saturated heterocycles. The fraction of sp³-hybridized carbons (Fsp3) is 0. The highest BCUT2D eigenvalue weighted by Crippen LogP contribution is 2.28. The van der Waals surface area contributed by atoms with Crippen LogP contribution in [0.5, 0.6) is 0 Å². The minimum absolute atomic E-state index is 0.697. The average molecular weight is 206 g/mol. The molecule has 0 unspecified atom stereocenters. The number of nitrogens with zero attached hydrogens (tertiary/aromatic N) is 1. The van der Waals surface area contributed by atoms with Crippen LogP contribution in [0.4, 0.5) is 5.69 Å². The van der Waals surface area contributed by atoms with E-state index in [1.807, 2.05) is 30.3 Å². The number of nitrogens with one attached hydrogen (secondary N) is 1. The van der Waals surface area contributed by atoms with Crippen LogP contribution in [0.1, 0.15) is 0 Å². The number of rotatable bonds is 1. The molecule has 0 spiro atoms. The van der Waals surface area contributed by atoms with Crippen LogP contribution in [0.2, 0.25) is 0 Å². The third kappa shape index (κ3) is 1.27. The first-order valence-electron chi connectivity index (χ1n) is 5.17. The molecule has 2 nitrogen and oxygen atoms in total. The van der Waals surface area contributed by atoms with Gasteiger partial charge in [-0.1, -0.05) is 42.5 Å². The molecule has 0 aliphatic carbocycles. The fourth-order valence-electron chi connectivity index (χ4n) is 2.07. The van der Waals surface area contributed by atoms with Crippen LogP contribution in [-0.2, 0) is 0 Å². The van der Waals surface area contributed by atoms with Crippen LogP contribution in [0.15, 0.2) is 59.7 Å².